The fourth-order valence-corrected chi connectivity index (χ4v) is 1.48. The van der Waals surface area contributed by atoms with Gasteiger partial charge in [-0.05, 0) is 23.1 Å². The molecule has 0 bridgehead atoms. The van der Waals surface area contributed by atoms with Crippen LogP contribution in [0.25, 0.3) is 0 Å². The maximum atomic E-state index is 9.03. The quantitative estimate of drug-likeness (QED) is 0.707. The molecule has 0 spiro atoms. The minimum absolute atomic E-state index is 0.108. The van der Waals surface area contributed by atoms with E-state index in [4.69, 9.17) is 10.8 Å². The van der Waals surface area contributed by atoms with Crippen LogP contribution < -0.4 is 5.73 Å². The molecule has 1 aromatic rings. The summed E-state index contributed by atoms with van der Waals surface area (Å²) in [5, 5.41) is 9.03. The van der Waals surface area contributed by atoms with Crippen molar-refractivity contribution in [1.82, 2.24) is 0 Å². The summed E-state index contributed by atoms with van der Waals surface area (Å²) in [6.07, 6.45) is 0.934. The third-order valence-electron chi connectivity index (χ3n) is 2.11. The van der Waals surface area contributed by atoms with E-state index in [0.29, 0.717) is 6.54 Å². The van der Waals surface area contributed by atoms with Crippen molar-refractivity contribution in [3.8, 4) is 0 Å². The highest BCUT2D eigenvalue weighted by molar-refractivity contribution is 5.34. The summed E-state index contributed by atoms with van der Waals surface area (Å²) in [6, 6.07) is 5.89. The minimum Gasteiger partial charge on any atom is -0.392 e. The predicted octanol–water partition coefficient (Wildman–Crippen LogP) is 1.20. The van der Waals surface area contributed by atoms with Gasteiger partial charge in [0.2, 0.25) is 0 Å². The van der Waals surface area contributed by atoms with Gasteiger partial charge in [-0.25, -0.2) is 0 Å². The van der Waals surface area contributed by atoms with Gasteiger partial charge in [0.05, 0.1) is 6.61 Å². The van der Waals surface area contributed by atoms with Crippen LogP contribution in [0.5, 0.6) is 0 Å². The number of aliphatic hydroxyl groups is 1. The van der Waals surface area contributed by atoms with Crippen molar-refractivity contribution < 1.29 is 5.11 Å². The minimum atomic E-state index is 0.108. The van der Waals surface area contributed by atoms with Crippen LogP contribution in [0.1, 0.15) is 23.6 Å². The number of benzene rings is 1. The Morgan fingerprint density at radius 2 is 2.00 bits per heavy atom. The van der Waals surface area contributed by atoms with Crippen molar-refractivity contribution in [2.24, 2.45) is 5.73 Å². The maximum absolute atomic E-state index is 9.03. The van der Waals surface area contributed by atoms with Crippen molar-refractivity contribution in [3.63, 3.8) is 0 Å². The van der Waals surface area contributed by atoms with Gasteiger partial charge in [-0.3, -0.25) is 0 Å². The lowest BCUT2D eigenvalue weighted by molar-refractivity contribution is 0.280. The molecule has 2 heteroatoms. The predicted molar refractivity (Wildman–Crippen MR) is 49.6 cm³/mol. The Kier molecular flexibility index (Phi) is 3.26. The summed E-state index contributed by atoms with van der Waals surface area (Å²) >= 11 is 0. The molecule has 0 saturated carbocycles. The third-order valence-corrected chi connectivity index (χ3v) is 2.11. The second kappa shape index (κ2) is 4.24. The molecular weight excluding hydrogens is 150 g/mol. The van der Waals surface area contributed by atoms with Crippen LogP contribution in [0.4, 0.5) is 0 Å². The van der Waals surface area contributed by atoms with Crippen LogP contribution in [0, 0.1) is 0 Å². The molecule has 66 valence electrons. The fraction of sp³-hybridized carbons (Fsp3) is 0.400. The highest BCUT2D eigenvalue weighted by Gasteiger charge is 2.03. The highest BCUT2D eigenvalue weighted by atomic mass is 16.3. The molecular formula is C10H15NO. The lowest BCUT2D eigenvalue weighted by Crippen LogP contribution is -2.04. The number of hydrogen-bond donors (Lipinski definition) is 2. The number of aliphatic hydroxyl groups excluding tert-OH is 1. The van der Waals surface area contributed by atoms with E-state index in [0.717, 1.165) is 17.5 Å². The van der Waals surface area contributed by atoms with Crippen LogP contribution in [0.2, 0.25) is 0 Å². The molecule has 12 heavy (non-hydrogen) atoms. The van der Waals surface area contributed by atoms with Gasteiger partial charge < -0.3 is 10.8 Å². The van der Waals surface area contributed by atoms with E-state index < -0.39 is 0 Å². The molecule has 0 unspecified atom stereocenters. The molecule has 2 nitrogen and oxygen atoms in total. The average molecular weight is 165 g/mol. The zero-order valence-electron chi connectivity index (χ0n) is 7.38. The molecule has 0 heterocycles. The van der Waals surface area contributed by atoms with Crippen LogP contribution >= 0.6 is 0 Å². The Hall–Kier alpha value is -0.860. The van der Waals surface area contributed by atoms with E-state index in [1.807, 2.05) is 18.2 Å². The van der Waals surface area contributed by atoms with E-state index in [1.165, 1.54) is 5.56 Å². The van der Waals surface area contributed by atoms with Crippen molar-refractivity contribution in [2.75, 3.05) is 0 Å². The maximum Gasteiger partial charge on any atom is 0.0684 e. The zero-order chi connectivity index (χ0) is 8.97. The van der Waals surface area contributed by atoms with Crippen LogP contribution in [0.3, 0.4) is 0 Å². The van der Waals surface area contributed by atoms with E-state index in [-0.39, 0.29) is 6.61 Å². The summed E-state index contributed by atoms with van der Waals surface area (Å²) < 4.78 is 0. The van der Waals surface area contributed by atoms with Gasteiger partial charge in [-0.1, -0.05) is 25.1 Å². The van der Waals surface area contributed by atoms with Crippen LogP contribution in [-0.2, 0) is 19.6 Å². The Bertz CT molecular complexity index is 236. The van der Waals surface area contributed by atoms with E-state index >= 15 is 0 Å². The first-order chi connectivity index (χ1) is 5.83. The zero-order valence-corrected chi connectivity index (χ0v) is 7.38. The standard InChI is InChI=1S/C10H15NO/c1-2-10-8(6-11)4-3-5-9(10)7-12/h3-5,12H,2,6-7,11H2,1H3. The van der Waals surface area contributed by atoms with Gasteiger partial charge in [0, 0.05) is 6.54 Å². The number of rotatable bonds is 3. The van der Waals surface area contributed by atoms with Crippen LogP contribution in [0.15, 0.2) is 18.2 Å². The monoisotopic (exact) mass is 165 g/mol. The van der Waals surface area contributed by atoms with Gasteiger partial charge in [0.15, 0.2) is 0 Å². The summed E-state index contributed by atoms with van der Waals surface area (Å²) in [7, 11) is 0. The van der Waals surface area contributed by atoms with Gasteiger partial charge in [0.25, 0.3) is 0 Å². The van der Waals surface area contributed by atoms with E-state index in [1.54, 1.807) is 0 Å². The first-order valence-corrected chi connectivity index (χ1v) is 4.24. The van der Waals surface area contributed by atoms with E-state index in [9.17, 15) is 0 Å². The summed E-state index contributed by atoms with van der Waals surface area (Å²) in [5.74, 6) is 0. The Morgan fingerprint density at radius 1 is 1.33 bits per heavy atom. The smallest absolute Gasteiger partial charge is 0.0684 e. The van der Waals surface area contributed by atoms with E-state index in [2.05, 4.69) is 6.92 Å². The Morgan fingerprint density at radius 3 is 2.50 bits per heavy atom. The van der Waals surface area contributed by atoms with Gasteiger partial charge >= 0.3 is 0 Å². The molecule has 0 aliphatic carbocycles. The largest absolute Gasteiger partial charge is 0.392 e. The lowest BCUT2D eigenvalue weighted by Gasteiger charge is -2.09. The highest BCUT2D eigenvalue weighted by Crippen LogP contribution is 2.15. The third kappa shape index (κ3) is 1.65. The SMILES string of the molecule is CCc1c(CN)cccc1CO. The lowest BCUT2D eigenvalue weighted by atomic mass is 9.99. The second-order valence-electron chi connectivity index (χ2n) is 2.77. The molecule has 1 rings (SSSR count). The molecule has 0 atom stereocenters. The first kappa shape index (κ1) is 9.23. The van der Waals surface area contributed by atoms with Crippen molar-refractivity contribution in [1.29, 1.82) is 0 Å². The van der Waals surface area contributed by atoms with Crippen LogP contribution in [-0.4, -0.2) is 5.11 Å². The molecule has 0 radical (unpaired) electrons. The van der Waals surface area contributed by atoms with Crippen molar-refractivity contribution >= 4 is 0 Å². The Labute approximate surface area is 73.0 Å². The molecule has 0 saturated heterocycles. The molecule has 3 N–H and O–H groups in total. The van der Waals surface area contributed by atoms with Gasteiger partial charge in [-0.15, -0.1) is 0 Å². The summed E-state index contributed by atoms with van der Waals surface area (Å²) in [5.41, 5.74) is 8.91. The first-order valence-electron chi connectivity index (χ1n) is 4.24. The Balaban J connectivity index is 3.13. The van der Waals surface area contributed by atoms with Crippen molar-refractivity contribution in [3.05, 3.63) is 34.9 Å². The average Bonchev–Trinajstić information content (AvgIpc) is 2.16. The molecule has 0 aliphatic rings. The van der Waals surface area contributed by atoms with Crippen molar-refractivity contribution in [2.45, 2.75) is 26.5 Å². The number of hydrogen-bond acceptors (Lipinski definition) is 2. The van der Waals surface area contributed by atoms with Gasteiger partial charge in [-0.2, -0.15) is 0 Å². The molecule has 0 aromatic heterocycles. The fourth-order valence-electron chi connectivity index (χ4n) is 1.48. The summed E-state index contributed by atoms with van der Waals surface area (Å²) in [4.78, 5) is 0. The second-order valence-corrected chi connectivity index (χ2v) is 2.77. The summed E-state index contributed by atoms with van der Waals surface area (Å²) in [6.45, 7) is 2.74. The topological polar surface area (TPSA) is 46.2 Å². The van der Waals surface area contributed by atoms with Gasteiger partial charge in [0.1, 0.15) is 0 Å². The molecule has 1 aromatic carbocycles. The molecule has 0 aliphatic heterocycles. The normalized spacial score (nSPS) is 10.2. The molecule has 0 amide bonds. The number of nitrogens with two attached hydrogens (primary N) is 1. The molecule has 0 fully saturated rings.